The Morgan fingerprint density at radius 3 is 2.41 bits per heavy atom. The van der Waals surface area contributed by atoms with E-state index in [0.29, 0.717) is 5.92 Å². The fourth-order valence-electron chi connectivity index (χ4n) is 1.26. The highest BCUT2D eigenvalue weighted by molar-refractivity contribution is 5.95. The fourth-order valence-corrected chi connectivity index (χ4v) is 1.26. The summed E-state index contributed by atoms with van der Waals surface area (Å²) in [4.78, 5) is 24.1. The average Bonchev–Trinajstić information content (AvgIpc) is 2.25. The van der Waals surface area contributed by atoms with Crippen LogP contribution < -0.4 is 16.4 Å². The van der Waals surface area contributed by atoms with Gasteiger partial charge in [-0.25, -0.2) is 4.79 Å². The maximum absolute atomic E-state index is 11.4. The zero-order valence-corrected chi connectivity index (χ0v) is 11.1. The molecule has 0 heterocycles. The van der Waals surface area contributed by atoms with Gasteiger partial charge in [0.15, 0.2) is 0 Å². The zero-order chi connectivity index (χ0) is 13.4. The highest BCUT2D eigenvalue weighted by Gasteiger charge is 2.12. The molecule has 0 aromatic heterocycles. The lowest BCUT2D eigenvalue weighted by Gasteiger charge is -2.20. The van der Waals surface area contributed by atoms with Gasteiger partial charge in [0.05, 0.1) is 6.54 Å². The molecule has 0 saturated carbocycles. The largest absolute Gasteiger partial charge is 0.341 e. The number of urea groups is 1. The van der Waals surface area contributed by atoms with E-state index in [2.05, 4.69) is 24.5 Å². The van der Waals surface area contributed by atoms with Crippen LogP contribution in [-0.2, 0) is 4.79 Å². The molecular weight excluding hydrogens is 220 g/mol. The number of carbonyl (C=O) groups is 2. The normalized spacial score (nSPS) is 12.6. The smallest absolute Gasteiger partial charge is 0.321 e. The number of rotatable bonds is 6. The van der Waals surface area contributed by atoms with Crippen LogP contribution in [-0.4, -0.2) is 50.1 Å². The van der Waals surface area contributed by atoms with Gasteiger partial charge in [0.1, 0.15) is 0 Å². The molecule has 17 heavy (non-hydrogen) atoms. The SMILES string of the molecule is CNC(=O)NC(=O)CN(C)CCC(N)C(C)C. The van der Waals surface area contributed by atoms with Gasteiger partial charge in [0.25, 0.3) is 0 Å². The maximum atomic E-state index is 11.4. The summed E-state index contributed by atoms with van der Waals surface area (Å²) in [7, 11) is 3.30. The van der Waals surface area contributed by atoms with Gasteiger partial charge in [-0.15, -0.1) is 0 Å². The molecule has 0 aromatic carbocycles. The van der Waals surface area contributed by atoms with Crippen molar-refractivity contribution in [2.75, 3.05) is 27.2 Å². The van der Waals surface area contributed by atoms with E-state index in [1.54, 1.807) is 0 Å². The summed E-state index contributed by atoms with van der Waals surface area (Å²) >= 11 is 0. The molecule has 0 aliphatic heterocycles. The van der Waals surface area contributed by atoms with Crippen LogP contribution in [0, 0.1) is 5.92 Å². The Hall–Kier alpha value is -1.14. The lowest BCUT2D eigenvalue weighted by molar-refractivity contribution is -0.120. The van der Waals surface area contributed by atoms with E-state index in [9.17, 15) is 9.59 Å². The quantitative estimate of drug-likeness (QED) is 0.601. The molecule has 3 amide bonds. The number of hydrogen-bond donors (Lipinski definition) is 3. The predicted molar refractivity (Wildman–Crippen MR) is 67.5 cm³/mol. The summed E-state index contributed by atoms with van der Waals surface area (Å²) in [5.41, 5.74) is 5.91. The lowest BCUT2D eigenvalue weighted by Crippen LogP contribution is -2.43. The summed E-state index contributed by atoms with van der Waals surface area (Å²) in [6.07, 6.45) is 0.835. The number of nitrogens with zero attached hydrogens (tertiary/aromatic N) is 1. The van der Waals surface area contributed by atoms with Gasteiger partial charge in [-0.3, -0.25) is 15.0 Å². The minimum absolute atomic E-state index is 0.138. The van der Waals surface area contributed by atoms with E-state index < -0.39 is 6.03 Å². The molecule has 0 aliphatic carbocycles. The van der Waals surface area contributed by atoms with Crippen LogP contribution in [0.2, 0.25) is 0 Å². The first-order valence-corrected chi connectivity index (χ1v) is 5.82. The van der Waals surface area contributed by atoms with Gasteiger partial charge in [-0.2, -0.15) is 0 Å². The van der Waals surface area contributed by atoms with Crippen molar-refractivity contribution < 1.29 is 9.59 Å². The third-order valence-corrected chi connectivity index (χ3v) is 2.59. The summed E-state index contributed by atoms with van der Waals surface area (Å²) in [6, 6.07) is -0.346. The van der Waals surface area contributed by atoms with Gasteiger partial charge in [-0.05, 0) is 25.9 Å². The van der Waals surface area contributed by atoms with Crippen LogP contribution in [0.3, 0.4) is 0 Å². The molecule has 0 saturated heterocycles. The molecule has 0 fully saturated rings. The fraction of sp³-hybridized carbons (Fsp3) is 0.818. The van der Waals surface area contributed by atoms with E-state index in [1.165, 1.54) is 7.05 Å². The first kappa shape index (κ1) is 15.9. The highest BCUT2D eigenvalue weighted by Crippen LogP contribution is 2.03. The molecule has 6 heteroatoms. The molecule has 1 unspecified atom stereocenters. The number of likely N-dealkylation sites (N-methyl/N-ethyl adjacent to an activating group) is 1. The molecule has 0 spiro atoms. The zero-order valence-electron chi connectivity index (χ0n) is 11.1. The number of carbonyl (C=O) groups excluding carboxylic acids is 2. The van der Waals surface area contributed by atoms with E-state index >= 15 is 0 Å². The van der Waals surface area contributed by atoms with E-state index in [-0.39, 0.29) is 18.5 Å². The van der Waals surface area contributed by atoms with E-state index in [1.807, 2.05) is 11.9 Å². The van der Waals surface area contributed by atoms with Crippen molar-refractivity contribution in [3.8, 4) is 0 Å². The van der Waals surface area contributed by atoms with Gasteiger partial charge >= 0.3 is 6.03 Å². The second-order valence-electron chi connectivity index (χ2n) is 4.56. The van der Waals surface area contributed by atoms with Crippen LogP contribution in [0.4, 0.5) is 4.79 Å². The maximum Gasteiger partial charge on any atom is 0.321 e. The highest BCUT2D eigenvalue weighted by atomic mass is 16.2. The minimum atomic E-state index is -0.484. The number of amides is 3. The topological polar surface area (TPSA) is 87.5 Å². The number of hydrogen-bond acceptors (Lipinski definition) is 4. The minimum Gasteiger partial charge on any atom is -0.341 e. The molecule has 0 rings (SSSR count). The van der Waals surface area contributed by atoms with Crippen molar-refractivity contribution in [2.24, 2.45) is 11.7 Å². The Labute approximate surface area is 103 Å². The van der Waals surface area contributed by atoms with Gasteiger partial charge in [0.2, 0.25) is 5.91 Å². The monoisotopic (exact) mass is 244 g/mol. The third kappa shape index (κ3) is 7.70. The Morgan fingerprint density at radius 1 is 1.35 bits per heavy atom. The molecule has 4 N–H and O–H groups in total. The molecule has 100 valence electrons. The first-order chi connectivity index (χ1) is 7.86. The van der Waals surface area contributed by atoms with Crippen LogP contribution in [0.5, 0.6) is 0 Å². The molecular formula is C11H24N4O2. The summed E-state index contributed by atoms with van der Waals surface area (Å²) in [6.45, 7) is 5.07. The summed E-state index contributed by atoms with van der Waals surface area (Å²) in [5.74, 6) is 0.119. The van der Waals surface area contributed by atoms with Crippen molar-refractivity contribution in [1.29, 1.82) is 0 Å². The van der Waals surface area contributed by atoms with Crippen LogP contribution in [0.1, 0.15) is 20.3 Å². The predicted octanol–water partition coefficient (Wildman–Crippen LogP) is -0.253. The first-order valence-electron chi connectivity index (χ1n) is 5.82. The van der Waals surface area contributed by atoms with E-state index in [0.717, 1.165) is 13.0 Å². The molecule has 1 atom stereocenters. The van der Waals surface area contributed by atoms with Crippen molar-refractivity contribution in [1.82, 2.24) is 15.5 Å². The van der Waals surface area contributed by atoms with Crippen LogP contribution in [0.25, 0.3) is 0 Å². The number of nitrogens with one attached hydrogen (secondary N) is 2. The second kappa shape index (κ2) is 8.03. The van der Waals surface area contributed by atoms with Crippen LogP contribution in [0.15, 0.2) is 0 Å². The van der Waals surface area contributed by atoms with Crippen molar-refractivity contribution in [3.05, 3.63) is 0 Å². The Kier molecular flexibility index (Phi) is 7.49. The molecule has 6 nitrogen and oxygen atoms in total. The van der Waals surface area contributed by atoms with Crippen LogP contribution >= 0.6 is 0 Å². The summed E-state index contributed by atoms with van der Waals surface area (Å²) in [5, 5.41) is 4.53. The molecule has 0 bridgehead atoms. The van der Waals surface area contributed by atoms with Gasteiger partial charge in [0, 0.05) is 13.1 Å². The van der Waals surface area contributed by atoms with Gasteiger partial charge in [-0.1, -0.05) is 13.8 Å². The third-order valence-electron chi connectivity index (χ3n) is 2.59. The molecule has 0 aliphatic rings. The van der Waals surface area contributed by atoms with Crippen molar-refractivity contribution >= 4 is 11.9 Å². The Bertz CT molecular complexity index is 256. The number of nitrogens with two attached hydrogens (primary N) is 1. The Balaban J connectivity index is 3.82. The second-order valence-corrected chi connectivity index (χ2v) is 4.56. The summed E-state index contributed by atoms with van der Waals surface area (Å²) < 4.78 is 0. The number of imide groups is 1. The average molecular weight is 244 g/mol. The lowest BCUT2D eigenvalue weighted by atomic mass is 10.0. The Morgan fingerprint density at radius 2 is 1.94 bits per heavy atom. The van der Waals surface area contributed by atoms with E-state index in [4.69, 9.17) is 5.73 Å². The standard InChI is InChI=1S/C11H24N4O2/c1-8(2)9(12)5-6-15(4)7-10(16)14-11(17)13-3/h8-9H,5-7,12H2,1-4H3,(H2,13,14,16,17). The van der Waals surface area contributed by atoms with Crippen molar-refractivity contribution in [3.63, 3.8) is 0 Å². The van der Waals surface area contributed by atoms with Crippen molar-refractivity contribution in [2.45, 2.75) is 26.3 Å². The molecule has 0 aromatic rings. The van der Waals surface area contributed by atoms with Gasteiger partial charge < -0.3 is 11.1 Å². The molecule has 0 radical (unpaired) electrons.